The molecule has 1 unspecified atom stereocenters. The average molecular weight is 150 g/mol. The molecule has 1 atom stereocenters. The van der Waals surface area contributed by atoms with Crippen LogP contribution >= 0.6 is 0 Å². The molecule has 3 nitrogen and oxygen atoms in total. The van der Waals surface area contributed by atoms with Crippen LogP contribution in [0.4, 0.5) is 0 Å². The van der Waals surface area contributed by atoms with Gasteiger partial charge >= 0.3 is 0 Å². The standard InChI is InChI=1S/C8H10N2O/c1-5-2-6-7(3-5)9-4-10-8(6)11/h4-5H,2-3H2,1H3,(H,9,10,11). The molecule has 1 aromatic rings. The van der Waals surface area contributed by atoms with E-state index in [1.165, 1.54) is 6.33 Å². The second-order valence-corrected chi connectivity index (χ2v) is 3.17. The van der Waals surface area contributed by atoms with Gasteiger partial charge in [0.05, 0.1) is 12.0 Å². The van der Waals surface area contributed by atoms with E-state index in [4.69, 9.17) is 0 Å². The lowest BCUT2D eigenvalue weighted by atomic mass is 10.1. The first-order valence-corrected chi connectivity index (χ1v) is 3.83. The maximum Gasteiger partial charge on any atom is 0.254 e. The SMILES string of the molecule is CC1Cc2nc[nH]c(=O)c2C1. The molecule has 1 aliphatic carbocycles. The van der Waals surface area contributed by atoms with Crippen molar-refractivity contribution in [3.8, 4) is 0 Å². The van der Waals surface area contributed by atoms with Gasteiger partial charge in [-0.05, 0) is 18.8 Å². The fourth-order valence-corrected chi connectivity index (χ4v) is 1.60. The predicted molar refractivity (Wildman–Crippen MR) is 41.4 cm³/mol. The molecule has 11 heavy (non-hydrogen) atoms. The van der Waals surface area contributed by atoms with Gasteiger partial charge in [0, 0.05) is 5.56 Å². The molecule has 0 amide bonds. The van der Waals surface area contributed by atoms with E-state index in [9.17, 15) is 4.79 Å². The molecule has 0 aliphatic heterocycles. The van der Waals surface area contributed by atoms with Gasteiger partial charge in [-0.1, -0.05) is 6.92 Å². The molecule has 0 fully saturated rings. The third-order valence-electron chi connectivity index (χ3n) is 2.13. The van der Waals surface area contributed by atoms with Crippen LogP contribution in [0.1, 0.15) is 18.2 Å². The number of nitrogens with one attached hydrogen (secondary N) is 1. The van der Waals surface area contributed by atoms with Crippen LogP contribution in [0.2, 0.25) is 0 Å². The zero-order valence-corrected chi connectivity index (χ0v) is 6.42. The number of nitrogens with zero attached hydrogens (tertiary/aromatic N) is 1. The monoisotopic (exact) mass is 150 g/mol. The normalized spacial score (nSPS) is 21.7. The van der Waals surface area contributed by atoms with Gasteiger partial charge in [0.2, 0.25) is 0 Å². The summed E-state index contributed by atoms with van der Waals surface area (Å²) in [5.41, 5.74) is 1.92. The van der Waals surface area contributed by atoms with Crippen LogP contribution in [-0.4, -0.2) is 9.97 Å². The molecular weight excluding hydrogens is 140 g/mol. The Kier molecular flexibility index (Phi) is 1.31. The molecule has 1 heterocycles. The number of hydrogen-bond donors (Lipinski definition) is 1. The van der Waals surface area contributed by atoms with E-state index in [1.54, 1.807) is 0 Å². The van der Waals surface area contributed by atoms with Crippen molar-refractivity contribution in [3.63, 3.8) is 0 Å². The highest BCUT2D eigenvalue weighted by Crippen LogP contribution is 2.20. The van der Waals surface area contributed by atoms with Gasteiger partial charge < -0.3 is 4.98 Å². The zero-order valence-electron chi connectivity index (χ0n) is 6.42. The van der Waals surface area contributed by atoms with Crippen molar-refractivity contribution >= 4 is 0 Å². The maximum absolute atomic E-state index is 11.2. The first-order valence-electron chi connectivity index (χ1n) is 3.83. The third-order valence-corrected chi connectivity index (χ3v) is 2.13. The van der Waals surface area contributed by atoms with Crippen molar-refractivity contribution in [1.29, 1.82) is 0 Å². The fraction of sp³-hybridized carbons (Fsp3) is 0.500. The van der Waals surface area contributed by atoms with Crippen LogP contribution in [0.5, 0.6) is 0 Å². The number of H-pyrrole nitrogens is 1. The fourth-order valence-electron chi connectivity index (χ4n) is 1.60. The first-order chi connectivity index (χ1) is 5.27. The summed E-state index contributed by atoms with van der Waals surface area (Å²) in [6.45, 7) is 2.14. The number of aromatic amines is 1. The van der Waals surface area contributed by atoms with Crippen LogP contribution in [-0.2, 0) is 12.8 Å². The summed E-state index contributed by atoms with van der Waals surface area (Å²) < 4.78 is 0. The van der Waals surface area contributed by atoms with E-state index >= 15 is 0 Å². The smallest absolute Gasteiger partial charge is 0.254 e. The summed E-state index contributed by atoms with van der Waals surface area (Å²) in [5.74, 6) is 0.584. The number of aromatic nitrogens is 2. The zero-order chi connectivity index (χ0) is 7.84. The Balaban J connectivity index is 2.58. The molecule has 0 saturated carbocycles. The Bertz CT molecular complexity index is 329. The van der Waals surface area contributed by atoms with E-state index < -0.39 is 0 Å². The van der Waals surface area contributed by atoms with Crippen LogP contribution in [0.3, 0.4) is 0 Å². The molecule has 1 aliphatic rings. The van der Waals surface area contributed by atoms with E-state index in [-0.39, 0.29) is 5.56 Å². The number of fused-ring (bicyclic) bond motifs is 1. The highest BCUT2D eigenvalue weighted by molar-refractivity contribution is 5.22. The minimum Gasteiger partial charge on any atom is -0.313 e. The highest BCUT2D eigenvalue weighted by atomic mass is 16.1. The molecule has 58 valence electrons. The summed E-state index contributed by atoms with van der Waals surface area (Å²) in [6.07, 6.45) is 3.33. The summed E-state index contributed by atoms with van der Waals surface area (Å²) in [6, 6.07) is 0. The molecule has 0 saturated heterocycles. The van der Waals surface area contributed by atoms with E-state index in [0.29, 0.717) is 5.92 Å². The Hall–Kier alpha value is -1.12. The molecule has 2 rings (SSSR count). The van der Waals surface area contributed by atoms with Crippen LogP contribution in [0, 0.1) is 5.92 Å². The number of rotatable bonds is 0. The lowest BCUT2D eigenvalue weighted by Gasteiger charge is -1.92. The van der Waals surface area contributed by atoms with Crippen molar-refractivity contribution in [2.45, 2.75) is 19.8 Å². The molecule has 1 N–H and O–H groups in total. The van der Waals surface area contributed by atoms with Crippen molar-refractivity contribution in [3.05, 3.63) is 27.9 Å². The van der Waals surface area contributed by atoms with Crippen molar-refractivity contribution in [1.82, 2.24) is 9.97 Å². The van der Waals surface area contributed by atoms with Crippen molar-refractivity contribution in [2.75, 3.05) is 0 Å². The van der Waals surface area contributed by atoms with Crippen molar-refractivity contribution in [2.24, 2.45) is 5.92 Å². The Labute approximate surface area is 64.5 Å². The summed E-state index contributed by atoms with van der Waals surface area (Å²) >= 11 is 0. The quantitative estimate of drug-likeness (QED) is 0.585. The molecule has 0 radical (unpaired) electrons. The Morgan fingerprint density at radius 1 is 1.64 bits per heavy atom. The first kappa shape index (κ1) is 6.58. The molecule has 3 heteroatoms. The average Bonchev–Trinajstić information content (AvgIpc) is 2.31. The molecule has 1 aromatic heterocycles. The van der Waals surface area contributed by atoms with Crippen LogP contribution in [0.25, 0.3) is 0 Å². The molecular formula is C8H10N2O. The van der Waals surface area contributed by atoms with Crippen LogP contribution < -0.4 is 5.56 Å². The van der Waals surface area contributed by atoms with Gasteiger partial charge in [-0.25, -0.2) is 4.98 Å². The summed E-state index contributed by atoms with van der Waals surface area (Å²) in [7, 11) is 0. The maximum atomic E-state index is 11.2. The van der Waals surface area contributed by atoms with Gasteiger partial charge in [0.15, 0.2) is 0 Å². The molecule has 0 spiro atoms. The predicted octanol–water partition coefficient (Wildman–Crippen LogP) is 0.505. The minimum atomic E-state index is 0.0411. The Morgan fingerprint density at radius 2 is 2.45 bits per heavy atom. The van der Waals surface area contributed by atoms with Crippen molar-refractivity contribution < 1.29 is 0 Å². The van der Waals surface area contributed by atoms with Gasteiger partial charge in [-0.3, -0.25) is 4.79 Å². The van der Waals surface area contributed by atoms with E-state index in [0.717, 1.165) is 24.1 Å². The molecule has 0 bridgehead atoms. The van der Waals surface area contributed by atoms with E-state index in [1.807, 2.05) is 0 Å². The molecule has 0 aromatic carbocycles. The van der Waals surface area contributed by atoms with Gasteiger partial charge in [0.25, 0.3) is 5.56 Å². The topological polar surface area (TPSA) is 45.8 Å². The van der Waals surface area contributed by atoms with Gasteiger partial charge in [0.1, 0.15) is 0 Å². The second kappa shape index (κ2) is 2.19. The lowest BCUT2D eigenvalue weighted by molar-refractivity contribution is 0.623. The van der Waals surface area contributed by atoms with Gasteiger partial charge in [-0.2, -0.15) is 0 Å². The van der Waals surface area contributed by atoms with E-state index in [2.05, 4.69) is 16.9 Å². The number of hydrogen-bond acceptors (Lipinski definition) is 2. The minimum absolute atomic E-state index is 0.0411. The van der Waals surface area contributed by atoms with Gasteiger partial charge in [-0.15, -0.1) is 0 Å². The largest absolute Gasteiger partial charge is 0.313 e. The Morgan fingerprint density at radius 3 is 3.18 bits per heavy atom. The summed E-state index contributed by atoms with van der Waals surface area (Å²) in [5, 5.41) is 0. The summed E-state index contributed by atoms with van der Waals surface area (Å²) in [4.78, 5) is 17.9. The third kappa shape index (κ3) is 0.964. The lowest BCUT2D eigenvalue weighted by Crippen LogP contribution is -2.12. The second-order valence-electron chi connectivity index (χ2n) is 3.17. The highest BCUT2D eigenvalue weighted by Gasteiger charge is 2.20. The van der Waals surface area contributed by atoms with Crippen LogP contribution in [0.15, 0.2) is 11.1 Å².